The van der Waals surface area contributed by atoms with Gasteiger partial charge in [-0.2, -0.15) is 0 Å². The Kier molecular flexibility index (Phi) is 5.92. The minimum Gasteiger partial charge on any atom is -0.465 e. The highest BCUT2D eigenvalue weighted by molar-refractivity contribution is 6.05. The van der Waals surface area contributed by atoms with Gasteiger partial charge in [0.05, 0.1) is 18.4 Å². The number of methoxy groups -OCH3 is 1. The van der Waals surface area contributed by atoms with E-state index in [1.54, 1.807) is 27.7 Å². The van der Waals surface area contributed by atoms with Crippen LogP contribution in [-0.2, 0) is 9.47 Å². The Bertz CT molecular complexity index is 979. The molecule has 0 fully saturated rings. The molecule has 28 heavy (non-hydrogen) atoms. The van der Waals surface area contributed by atoms with Crippen molar-refractivity contribution >= 4 is 23.5 Å². The standard InChI is InChI=1S/C20H24N2O6/c1-8-14(12(5)23)10(3)22-17(8)20(26)28-13(6)18(24)16-9(2)15(11(4)21-16)19(25)27-7/h13,21-22H,1-7H3/t13-/m1/s1. The number of aromatic nitrogens is 2. The maximum absolute atomic E-state index is 12.7. The summed E-state index contributed by atoms with van der Waals surface area (Å²) in [6.45, 7) is 9.47. The maximum Gasteiger partial charge on any atom is 0.355 e. The van der Waals surface area contributed by atoms with Crippen LogP contribution < -0.4 is 0 Å². The van der Waals surface area contributed by atoms with Crippen molar-refractivity contribution in [2.24, 2.45) is 0 Å². The zero-order valence-corrected chi connectivity index (χ0v) is 17.0. The molecule has 150 valence electrons. The fourth-order valence-corrected chi connectivity index (χ4v) is 3.36. The predicted molar refractivity (Wildman–Crippen MR) is 101 cm³/mol. The number of esters is 2. The van der Waals surface area contributed by atoms with Gasteiger partial charge in [0.15, 0.2) is 11.9 Å². The maximum atomic E-state index is 12.7. The summed E-state index contributed by atoms with van der Waals surface area (Å²) in [6.07, 6.45) is -1.10. The lowest BCUT2D eigenvalue weighted by atomic mass is 10.1. The van der Waals surface area contributed by atoms with Gasteiger partial charge >= 0.3 is 11.9 Å². The number of ketones is 2. The van der Waals surface area contributed by atoms with Gasteiger partial charge in [0.1, 0.15) is 5.69 Å². The van der Waals surface area contributed by atoms with Crippen molar-refractivity contribution in [3.05, 3.63) is 45.0 Å². The second-order valence-corrected chi connectivity index (χ2v) is 6.71. The van der Waals surface area contributed by atoms with E-state index in [0.717, 1.165) is 0 Å². The van der Waals surface area contributed by atoms with E-state index in [1.807, 2.05) is 0 Å². The number of aryl methyl sites for hydroxylation is 2. The lowest BCUT2D eigenvalue weighted by Gasteiger charge is -2.12. The molecular weight excluding hydrogens is 364 g/mol. The monoisotopic (exact) mass is 388 g/mol. The SMILES string of the molecule is COC(=O)c1c(C)[nH]c(C(=O)[C@@H](C)OC(=O)c2[nH]c(C)c(C(C)=O)c2C)c1C. The summed E-state index contributed by atoms with van der Waals surface area (Å²) in [5.74, 6) is -1.92. The van der Waals surface area contributed by atoms with Crippen LogP contribution in [0.15, 0.2) is 0 Å². The first-order chi connectivity index (χ1) is 13.0. The van der Waals surface area contributed by atoms with Crippen LogP contribution in [0, 0.1) is 27.7 Å². The smallest absolute Gasteiger partial charge is 0.355 e. The third-order valence-electron chi connectivity index (χ3n) is 4.72. The molecule has 8 heteroatoms. The van der Waals surface area contributed by atoms with Crippen molar-refractivity contribution in [1.29, 1.82) is 0 Å². The van der Waals surface area contributed by atoms with Gasteiger partial charge in [-0.15, -0.1) is 0 Å². The number of hydrogen-bond donors (Lipinski definition) is 2. The third-order valence-corrected chi connectivity index (χ3v) is 4.72. The Morgan fingerprint density at radius 2 is 1.32 bits per heavy atom. The molecular formula is C20H24N2O6. The molecule has 2 N–H and O–H groups in total. The molecule has 8 nitrogen and oxygen atoms in total. The van der Waals surface area contributed by atoms with E-state index in [2.05, 4.69) is 9.97 Å². The van der Waals surface area contributed by atoms with Crippen molar-refractivity contribution < 1.29 is 28.7 Å². The van der Waals surface area contributed by atoms with E-state index in [-0.39, 0.29) is 22.7 Å². The van der Waals surface area contributed by atoms with Gasteiger partial charge in [-0.3, -0.25) is 9.59 Å². The zero-order valence-electron chi connectivity index (χ0n) is 17.0. The molecule has 0 aromatic carbocycles. The number of rotatable bonds is 6. The van der Waals surface area contributed by atoms with E-state index in [4.69, 9.17) is 9.47 Å². The first-order valence-corrected chi connectivity index (χ1v) is 8.73. The summed E-state index contributed by atoms with van der Waals surface area (Å²) in [7, 11) is 1.26. The topological polar surface area (TPSA) is 118 Å². The first-order valence-electron chi connectivity index (χ1n) is 8.73. The zero-order chi connectivity index (χ0) is 21.3. The largest absolute Gasteiger partial charge is 0.465 e. The Balaban J connectivity index is 2.26. The van der Waals surface area contributed by atoms with Crippen molar-refractivity contribution in [3.63, 3.8) is 0 Å². The molecule has 2 aromatic heterocycles. The van der Waals surface area contributed by atoms with Crippen LogP contribution in [0.4, 0.5) is 0 Å². The van der Waals surface area contributed by atoms with E-state index >= 15 is 0 Å². The minimum absolute atomic E-state index is 0.136. The number of carbonyl (C=O) groups excluding carboxylic acids is 4. The lowest BCUT2D eigenvalue weighted by molar-refractivity contribution is 0.0311. The van der Waals surface area contributed by atoms with Crippen LogP contribution in [0.25, 0.3) is 0 Å². The number of aromatic amines is 2. The fraction of sp³-hybridized carbons (Fsp3) is 0.400. The summed E-state index contributed by atoms with van der Waals surface area (Å²) >= 11 is 0. The number of H-pyrrole nitrogens is 2. The predicted octanol–water partition coefficient (Wildman–Crippen LogP) is 2.99. The van der Waals surface area contributed by atoms with Crippen LogP contribution in [-0.4, -0.2) is 46.7 Å². The Hall–Kier alpha value is -3.16. The highest BCUT2D eigenvalue weighted by atomic mass is 16.5. The number of Topliss-reactive ketones (excluding diaryl/α,β-unsaturated/α-hetero) is 2. The van der Waals surface area contributed by atoms with Gasteiger partial charge in [-0.05, 0) is 52.7 Å². The summed E-state index contributed by atoms with van der Waals surface area (Å²) < 4.78 is 10.0. The van der Waals surface area contributed by atoms with E-state index in [9.17, 15) is 19.2 Å². The Morgan fingerprint density at radius 1 is 0.821 bits per heavy atom. The van der Waals surface area contributed by atoms with Crippen molar-refractivity contribution in [2.75, 3.05) is 7.11 Å². The van der Waals surface area contributed by atoms with Crippen molar-refractivity contribution in [2.45, 2.75) is 47.6 Å². The summed E-state index contributed by atoms with van der Waals surface area (Å²) in [5.41, 5.74) is 3.01. The molecule has 0 saturated carbocycles. The summed E-state index contributed by atoms with van der Waals surface area (Å²) in [4.78, 5) is 54.6. The molecule has 0 amide bonds. The molecule has 2 heterocycles. The molecule has 0 aliphatic heterocycles. The number of carbonyl (C=O) groups is 4. The molecule has 0 radical (unpaired) electrons. The van der Waals surface area contributed by atoms with Gasteiger partial charge in [0, 0.05) is 17.0 Å². The van der Waals surface area contributed by atoms with Gasteiger partial charge in [-0.25, -0.2) is 9.59 Å². The molecule has 1 atom stereocenters. The minimum atomic E-state index is -1.10. The van der Waals surface area contributed by atoms with Gasteiger partial charge in [0.25, 0.3) is 0 Å². The number of nitrogens with one attached hydrogen (secondary N) is 2. The van der Waals surface area contributed by atoms with Crippen molar-refractivity contribution in [3.8, 4) is 0 Å². The van der Waals surface area contributed by atoms with Crippen LogP contribution in [0.5, 0.6) is 0 Å². The molecule has 0 spiro atoms. The van der Waals surface area contributed by atoms with Gasteiger partial charge < -0.3 is 19.4 Å². The normalized spacial score (nSPS) is 11.8. The molecule has 0 bridgehead atoms. The van der Waals surface area contributed by atoms with Crippen LogP contribution in [0.2, 0.25) is 0 Å². The van der Waals surface area contributed by atoms with E-state index < -0.39 is 23.8 Å². The first kappa shape index (κ1) is 21.1. The van der Waals surface area contributed by atoms with Gasteiger partial charge in [-0.1, -0.05) is 0 Å². The summed E-state index contributed by atoms with van der Waals surface area (Å²) in [6, 6.07) is 0. The third kappa shape index (κ3) is 3.62. The second kappa shape index (κ2) is 7.84. The average Bonchev–Trinajstić information content (AvgIpc) is 3.08. The number of hydrogen-bond acceptors (Lipinski definition) is 6. The fourth-order valence-electron chi connectivity index (χ4n) is 3.36. The number of ether oxygens (including phenoxy) is 2. The second-order valence-electron chi connectivity index (χ2n) is 6.71. The van der Waals surface area contributed by atoms with E-state index in [1.165, 1.54) is 21.0 Å². The highest BCUT2D eigenvalue weighted by Gasteiger charge is 2.29. The molecule has 2 aromatic rings. The van der Waals surface area contributed by atoms with E-state index in [0.29, 0.717) is 28.1 Å². The molecule has 0 aliphatic rings. The molecule has 0 unspecified atom stereocenters. The van der Waals surface area contributed by atoms with Crippen LogP contribution in [0.1, 0.15) is 78.1 Å². The Labute approximate surface area is 162 Å². The molecule has 2 rings (SSSR count). The van der Waals surface area contributed by atoms with Gasteiger partial charge in [0.2, 0.25) is 5.78 Å². The van der Waals surface area contributed by atoms with Crippen LogP contribution in [0.3, 0.4) is 0 Å². The Morgan fingerprint density at radius 3 is 1.82 bits per heavy atom. The molecule has 0 saturated heterocycles. The average molecular weight is 388 g/mol. The molecule has 0 aliphatic carbocycles. The lowest BCUT2D eigenvalue weighted by Crippen LogP contribution is -2.26. The quantitative estimate of drug-likeness (QED) is 0.580. The van der Waals surface area contributed by atoms with Crippen molar-refractivity contribution in [1.82, 2.24) is 9.97 Å². The van der Waals surface area contributed by atoms with Crippen LogP contribution >= 0.6 is 0 Å². The highest BCUT2D eigenvalue weighted by Crippen LogP contribution is 2.23. The summed E-state index contributed by atoms with van der Waals surface area (Å²) in [5, 5.41) is 0.